The Hall–Kier alpha value is -3.65. The van der Waals surface area contributed by atoms with Gasteiger partial charge in [0.2, 0.25) is 0 Å². The number of ether oxygens (including phenoxy) is 1. The lowest BCUT2D eigenvalue weighted by atomic mass is 10.2. The van der Waals surface area contributed by atoms with Gasteiger partial charge in [-0.1, -0.05) is 30.3 Å². The van der Waals surface area contributed by atoms with Crippen LogP contribution in [0.3, 0.4) is 0 Å². The van der Waals surface area contributed by atoms with Crippen LogP contribution in [0.15, 0.2) is 83.8 Å². The van der Waals surface area contributed by atoms with E-state index in [4.69, 9.17) is 0 Å². The molecule has 0 aliphatic heterocycles. The average Bonchev–Trinajstić information content (AvgIpc) is 2.79. The zero-order valence-corrected chi connectivity index (χ0v) is 17.2. The third-order valence-electron chi connectivity index (χ3n) is 4.45. The van der Waals surface area contributed by atoms with Crippen molar-refractivity contribution in [3.8, 4) is 0 Å². The molecule has 0 unspecified atom stereocenters. The zero-order chi connectivity index (χ0) is 21.7. The number of sulfonamides is 1. The van der Waals surface area contributed by atoms with Gasteiger partial charge in [-0.15, -0.1) is 0 Å². The molecule has 7 nitrogen and oxygen atoms in total. The molecule has 0 aliphatic rings. The number of rotatable bonds is 6. The smallest absolute Gasteiger partial charge is 0.337 e. The van der Waals surface area contributed by atoms with Gasteiger partial charge in [0.05, 0.1) is 23.9 Å². The van der Waals surface area contributed by atoms with Gasteiger partial charge < -0.3 is 10.1 Å². The number of carbonyl (C=O) groups is 2. The molecule has 8 heteroatoms. The number of nitrogens with zero attached hydrogens (tertiary/aromatic N) is 1. The Balaban J connectivity index is 1.89. The van der Waals surface area contributed by atoms with Crippen molar-refractivity contribution in [3.05, 3.63) is 90.0 Å². The number of esters is 1. The lowest BCUT2D eigenvalue weighted by molar-refractivity contribution is 0.0600. The van der Waals surface area contributed by atoms with Crippen LogP contribution in [0.5, 0.6) is 0 Å². The van der Waals surface area contributed by atoms with E-state index >= 15 is 0 Å². The average molecular weight is 424 g/mol. The van der Waals surface area contributed by atoms with Crippen molar-refractivity contribution < 1.29 is 22.7 Å². The van der Waals surface area contributed by atoms with Crippen molar-refractivity contribution in [2.75, 3.05) is 23.8 Å². The van der Waals surface area contributed by atoms with Crippen LogP contribution in [-0.2, 0) is 14.8 Å². The lowest BCUT2D eigenvalue weighted by Crippen LogP contribution is -2.28. The number of methoxy groups -OCH3 is 1. The Kier molecular flexibility index (Phi) is 6.17. The summed E-state index contributed by atoms with van der Waals surface area (Å²) < 4.78 is 32.1. The van der Waals surface area contributed by atoms with E-state index in [0.717, 1.165) is 4.31 Å². The number of carbonyl (C=O) groups excluding carboxylic acids is 2. The zero-order valence-electron chi connectivity index (χ0n) is 16.4. The molecule has 1 N–H and O–H groups in total. The molecule has 0 fully saturated rings. The predicted octanol–water partition coefficient (Wildman–Crippen LogP) is 3.55. The largest absolute Gasteiger partial charge is 0.465 e. The standard InChI is InChI=1S/C22H20N2O5S/c1-24(18-8-4-3-5-9-18)30(27,28)20-11-7-6-10-19(20)21(25)23-17-14-12-16(13-15-17)22(26)29-2/h3-15H,1-2H3,(H,23,25). The molecule has 30 heavy (non-hydrogen) atoms. The number of nitrogens with one attached hydrogen (secondary N) is 1. The molecule has 154 valence electrons. The third-order valence-corrected chi connectivity index (χ3v) is 6.30. The van der Waals surface area contributed by atoms with Gasteiger partial charge in [-0.2, -0.15) is 0 Å². The quantitative estimate of drug-likeness (QED) is 0.611. The van der Waals surface area contributed by atoms with Crippen LogP contribution in [-0.4, -0.2) is 34.5 Å². The topological polar surface area (TPSA) is 92.8 Å². The molecule has 0 radical (unpaired) electrons. The fraction of sp³-hybridized carbons (Fsp3) is 0.0909. The number of anilines is 2. The SMILES string of the molecule is COC(=O)c1ccc(NC(=O)c2ccccc2S(=O)(=O)N(C)c2ccccc2)cc1. The van der Waals surface area contributed by atoms with Crippen molar-refractivity contribution >= 4 is 33.3 Å². The maximum Gasteiger partial charge on any atom is 0.337 e. The fourth-order valence-electron chi connectivity index (χ4n) is 2.81. The van der Waals surface area contributed by atoms with E-state index in [2.05, 4.69) is 10.1 Å². The molecule has 3 aromatic carbocycles. The Bertz CT molecular complexity index is 1160. The second-order valence-corrected chi connectivity index (χ2v) is 8.26. The molecule has 0 aromatic heterocycles. The minimum Gasteiger partial charge on any atom is -0.465 e. The molecular formula is C22H20N2O5S. The molecule has 3 aromatic rings. The first-order chi connectivity index (χ1) is 14.3. The summed E-state index contributed by atoms with van der Waals surface area (Å²) in [5, 5.41) is 2.66. The minimum absolute atomic E-state index is 0.0114. The van der Waals surface area contributed by atoms with E-state index < -0.39 is 21.9 Å². The maximum absolute atomic E-state index is 13.2. The van der Waals surface area contributed by atoms with Crippen molar-refractivity contribution in [1.29, 1.82) is 0 Å². The van der Waals surface area contributed by atoms with E-state index in [9.17, 15) is 18.0 Å². The molecule has 1 amide bonds. The second kappa shape index (κ2) is 8.79. The fourth-order valence-corrected chi connectivity index (χ4v) is 4.19. The molecule has 0 saturated heterocycles. The highest BCUT2D eigenvalue weighted by molar-refractivity contribution is 7.92. The first-order valence-corrected chi connectivity index (χ1v) is 10.4. The van der Waals surface area contributed by atoms with Crippen LogP contribution in [0.1, 0.15) is 20.7 Å². The molecule has 0 saturated carbocycles. The summed E-state index contributed by atoms with van der Waals surface area (Å²) in [5.41, 5.74) is 1.24. The summed E-state index contributed by atoms with van der Waals surface area (Å²) in [6.45, 7) is 0. The number of hydrogen-bond acceptors (Lipinski definition) is 5. The van der Waals surface area contributed by atoms with Gasteiger partial charge in [-0.25, -0.2) is 13.2 Å². The van der Waals surface area contributed by atoms with Gasteiger partial charge in [-0.3, -0.25) is 9.10 Å². The van der Waals surface area contributed by atoms with E-state index in [1.54, 1.807) is 42.5 Å². The highest BCUT2D eigenvalue weighted by Gasteiger charge is 2.26. The number of amides is 1. The van der Waals surface area contributed by atoms with Crippen molar-refractivity contribution in [2.24, 2.45) is 0 Å². The molecule has 0 bridgehead atoms. The van der Waals surface area contributed by atoms with Gasteiger partial charge >= 0.3 is 5.97 Å². The summed E-state index contributed by atoms with van der Waals surface area (Å²) in [5.74, 6) is -1.07. The Morgan fingerprint density at radius 3 is 2.10 bits per heavy atom. The maximum atomic E-state index is 13.2. The van der Waals surface area contributed by atoms with Gasteiger partial charge in [0.1, 0.15) is 4.90 Å². The molecule has 0 aliphatic carbocycles. The van der Waals surface area contributed by atoms with Gasteiger partial charge in [-0.05, 0) is 48.5 Å². The van der Waals surface area contributed by atoms with E-state index in [0.29, 0.717) is 16.9 Å². The number of benzene rings is 3. The second-order valence-electron chi connectivity index (χ2n) is 6.33. The van der Waals surface area contributed by atoms with E-state index in [1.807, 2.05) is 0 Å². The van der Waals surface area contributed by atoms with Crippen LogP contribution in [0.4, 0.5) is 11.4 Å². The van der Waals surface area contributed by atoms with Crippen LogP contribution < -0.4 is 9.62 Å². The molecule has 0 spiro atoms. The van der Waals surface area contributed by atoms with Crippen LogP contribution in [0, 0.1) is 0 Å². The highest BCUT2D eigenvalue weighted by atomic mass is 32.2. The number of para-hydroxylation sites is 1. The van der Waals surface area contributed by atoms with Crippen molar-refractivity contribution in [2.45, 2.75) is 4.90 Å². The summed E-state index contributed by atoms with van der Waals surface area (Å²) in [6.07, 6.45) is 0. The summed E-state index contributed by atoms with van der Waals surface area (Å²) in [4.78, 5) is 24.2. The first kappa shape index (κ1) is 21.1. The highest BCUT2D eigenvalue weighted by Crippen LogP contribution is 2.25. The Morgan fingerprint density at radius 2 is 1.47 bits per heavy atom. The van der Waals surface area contributed by atoms with E-state index in [-0.39, 0.29) is 10.5 Å². The molecular weight excluding hydrogens is 404 g/mol. The third kappa shape index (κ3) is 4.33. The summed E-state index contributed by atoms with van der Waals surface area (Å²) in [7, 11) is -1.26. The minimum atomic E-state index is -3.97. The first-order valence-electron chi connectivity index (χ1n) is 8.97. The number of hydrogen-bond donors (Lipinski definition) is 1. The van der Waals surface area contributed by atoms with E-state index in [1.165, 1.54) is 50.6 Å². The van der Waals surface area contributed by atoms with Crippen LogP contribution in [0.25, 0.3) is 0 Å². The Labute approximate surface area is 175 Å². The summed E-state index contributed by atoms with van der Waals surface area (Å²) >= 11 is 0. The predicted molar refractivity (Wildman–Crippen MR) is 114 cm³/mol. The lowest BCUT2D eigenvalue weighted by Gasteiger charge is -2.21. The van der Waals surface area contributed by atoms with Gasteiger partial charge in [0, 0.05) is 12.7 Å². The van der Waals surface area contributed by atoms with Crippen molar-refractivity contribution in [1.82, 2.24) is 0 Å². The van der Waals surface area contributed by atoms with Crippen molar-refractivity contribution in [3.63, 3.8) is 0 Å². The normalized spacial score (nSPS) is 10.9. The Morgan fingerprint density at radius 1 is 0.867 bits per heavy atom. The van der Waals surface area contributed by atoms with Crippen LogP contribution in [0.2, 0.25) is 0 Å². The molecule has 0 heterocycles. The van der Waals surface area contributed by atoms with Crippen LogP contribution >= 0.6 is 0 Å². The molecule has 3 rings (SSSR count). The van der Waals surface area contributed by atoms with Gasteiger partial charge in [0.25, 0.3) is 15.9 Å². The van der Waals surface area contributed by atoms with Gasteiger partial charge in [0.15, 0.2) is 0 Å². The molecule has 0 atom stereocenters. The monoisotopic (exact) mass is 424 g/mol. The summed E-state index contributed by atoms with van der Waals surface area (Å²) in [6, 6.07) is 20.7.